The van der Waals surface area contributed by atoms with E-state index in [1.165, 1.54) is 25.3 Å². The summed E-state index contributed by atoms with van der Waals surface area (Å²) in [4.78, 5) is 22.9. The molecular weight excluding hydrogens is 274 g/mol. The number of ether oxygens (including phenoxy) is 1. The van der Waals surface area contributed by atoms with E-state index in [1.807, 2.05) is 6.07 Å². The van der Waals surface area contributed by atoms with Gasteiger partial charge < -0.3 is 20.5 Å². The van der Waals surface area contributed by atoms with Crippen molar-refractivity contribution >= 4 is 17.7 Å². The Balaban J connectivity index is 2.84. The second-order valence-electron chi connectivity index (χ2n) is 4.69. The maximum absolute atomic E-state index is 11.8. The second kappa shape index (κ2) is 7.14. The smallest absolute Gasteiger partial charge is 0.326 e. The Kier molecular flexibility index (Phi) is 5.55. The highest BCUT2D eigenvalue weighted by Gasteiger charge is 2.23. The van der Waals surface area contributed by atoms with Crippen molar-refractivity contribution in [3.63, 3.8) is 0 Å². The van der Waals surface area contributed by atoms with Gasteiger partial charge in [0.05, 0.1) is 24.4 Å². The number of nitrogens with zero attached hydrogens (tertiary/aromatic N) is 1. The van der Waals surface area contributed by atoms with Crippen molar-refractivity contribution in [2.75, 3.05) is 12.4 Å². The van der Waals surface area contributed by atoms with Gasteiger partial charge in [0.2, 0.25) is 0 Å². The molecule has 0 aromatic heterocycles. The van der Waals surface area contributed by atoms with Crippen LogP contribution in [0.4, 0.5) is 10.5 Å². The van der Waals surface area contributed by atoms with E-state index in [1.54, 1.807) is 13.8 Å². The van der Waals surface area contributed by atoms with E-state index in [9.17, 15) is 9.59 Å². The first-order valence-electron chi connectivity index (χ1n) is 6.27. The van der Waals surface area contributed by atoms with E-state index in [0.717, 1.165) is 0 Å². The Bertz CT molecular complexity index is 578. The van der Waals surface area contributed by atoms with Gasteiger partial charge >= 0.3 is 12.0 Å². The third-order valence-electron chi connectivity index (χ3n) is 2.80. The molecule has 0 radical (unpaired) electrons. The molecule has 7 heteroatoms. The van der Waals surface area contributed by atoms with Crippen LogP contribution in [0, 0.1) is 17.2 Å². The zero-order valence-electron chi connectivity index (χ0n) is 12.0. The predicted molar refractivity (Wildman–Crippen MR) is 76.1 cm³/mol. The van der Waals surface area contributed by atoms with Gasteiger partial charge in [0.15, 0.2) is 0 Å². The molecule has 1 rings (SSSR count). The normalized spacial score (nSPS) is 11.4. The lowest BCUT2D eigenvalue weighted by Gasteiger charge is -2.18. The Morgan fingerprint density at radius 2 is 2.05 bits per heavy atom. The Morgan fingerprint density at radius 1 is 1.38 bits per heavy atom. The van der Waals surface area contributed by atoms with Gasteiger partial charge in [-0.2, -0.15) is 5.26 Å². The van der Waals surface area contributed by atoms with Gasteiger partial charge in [0.25, 0.3) is 0 Å². The summed E-state index contributed by atoms with van der Waals surface area (Å²) in [6.45, 7) is 3.39. The summed E-state index contributed by atoms with van der Waals surface area (Å²) < 4.78 is 5.08. The molecule has 0 aliphatic rings. The maximum Gasteiger partial charge on any atom is 0.326 e. The zero-order chi connectivity index (χ0) is 16.0. The molecule has 1 aromatic rings. The largest absolute Gasteiger partial charge is 0.495 e. The fourth-order valence-corrected chi connectivity index (χ4v) is 1.68. The number of aliphatic carboxylic acids is 1. The minimum absolute atomic E-state index is 0.254. The Morgan fingerprint density at radius 3 is 2.52 bits per heavy atom. The average Bonchev–Trinajstić information content (AvgIpc) is 2.44. The van der Waals surface area contributed by atoms with Crippen molar-refractivity contribution in [3.8, 4) is 11.8 Å². The van der Waals surface area contributed by atoms with Crippen molar-refractivity contribution in [1.82, 2.24) is 5.32 Å². The highest BCUT2D eigenvalue weighted by molar-refractivity contribution is 5.93. The number of benzene rings is 1. The first-order chi connectivity index (χ1) is 9.88. The van der Waals surface area contributed by atoms with Gasteiger partial charge in [0, 0.05) is 6.07 Å². The molecule has 0 aliphatic heterocycles. The number of hydrogen-bond acceptors (Lipinski definition) is 4. The minimum atomic E-state index is -1.10. The summed E-state index contributed by atoms with van der Waals surface area (Å²) in [5.74, 6) is -1.04. The molecule has 0 heterocycles. The minimum Gasteiger partial charge on any atom is -0.495 e. The third kappa shape index (κ3) is 4.38. The molecule has 0 unspecified atom stereocenters. The summed E-state index contributed by atoms with van der Waals surface area (Å²) in [5.41, 5.74) is 0.741. The van der Waals surface area contributed by atoms with Crippen LogP contribution in [0.1, 0.15) is 19.4 Å². The summed E-state index contributed by atoms with van der Waals surface area (Å²) in [5, 5.41) is 22.7. The lowest BCUT2D eigenvalue weighted by Crippen LogP contribution is -2.46. The lowest BCUT2D eigenvalue weighted by molar-refractivity contribution is -0.140. The van der Waals surface area contributed by atoms with Gasteiger partial charge in [0.1, 0.15) is 11.8 Å². The predicted octanol–water partition coefficient (Wildman–Crippen LogP) is 1.80. The van der Waals surface area contributed by atoms with E-state index in [-0.39, 0.29) is 5.92 Å². The summed E-state index contributed by atoms with van der Waals surface area (Å²) in [6, 6.07) is 4.83. The number of carbonyl (C=O) groups excluding carboxylic acids is 1. The van der Waals surface area contributed by atoms with Crippen LogP contribution in [0.3, 0.4) is 0 Å². The second-order valence-corrected chi connectivity index (χ2v) is 4.69. The standard InChI is InChI=1S/C14H17N3O4/c1-8(2)12(13(18)19)17-14(20)16-10-5-4-9(7-15)6-11(10)21-3/h4-6,8,12H,1-3H3,(H,18,19)(H2,16,17,20)/t12-/m1/s1. The first kappa shape index (κ1) is 16.3. The highest BCUT2D eigenvalue weighted by atomic mass is 16.5. The van der Waals surface area contributed by atoms with Crippen molar-refractivity contribution in [1.29, 1.82) is 5.26 Å². The van der Waals surface area contributed by atoms with Crippen LogP contribution in [0.2, 0.25) is 0 Å². The molecule has 7 nitrogen and oxygen atoms in total. The number of rotatable bonds is 5. The highest BCUT2D eigenvalue weighted by Crippen LogP contribution is 2.25. The van der Waals surface area contributed by atoms with Crippen LogP contribution in [0.15, 0.2) is 18.2 Å². The number of methoxy groups -OCH3 is 1. The molecule has 1 atom stereocenters. The van der Waals surface area contributed by atoms with Crippen molar-refractivity contribution in [2.24, 2.45) is 5.92 Å². The molecule has 0 aliphatic carbocycles. The molecule has 21 heavy (non-hydrogen) atoms. The monoisotopic (exact) mass is 291 g/mol. The SMILES string of the molecule is COc1cc(C#N)ccc1NC(=O)N[C@@H](C(=O)O)C(C)C. The fraction of sp³-hybridized carbons (Fsp3) is 0.357. The molecule has 0 spiro atoms. The summed E-state index contributed by atoms with van der Waals surface area (Å²) in [6.07, 6.45) is 0. The molecule has 0 saturated carbocycles. The van der Waals surface area contributed by atoms with Gasteiger partial charge in [-0.05, 0) is 18.1 Å². The van der Waals surface area contributed by atoms with Crippen LogP contribution < -0.4 is 15.4 Å². The van der Waals surface area contributed by atoms with E-state index in [2.05, 4.69) is 10.6 Å². The van der Waals surface area contributed by atoms with Crippen LogP contribution in [0.5, 0.6) is 5.75 Å². The van der Waals surface area contributed by atoms with Crippen LogP contribution in [-0.2, 0) is 4.79 Å². The van der Waals surface area contributed by atoms with Crippen molar-refractivity contribution < 1.29 is 19.4 Å². The molecule has 0 bridgehead atoms. The van der Waals surface area contributed by atoms with Crippen LogP contribution in [-0.4, -0.2) is 30.3 Å². The summed E-state index contributed by atoms with van der Waals surface area (Å²) >= 11 is 0. The van der Waals surface area contributed by atoms with Crippen LogP contribution >= 0.6 is 0 Å². The van der Waals surface area contributed by atoms with E-state index in [0.29, 0.717) is 17.0 Å². The number of carboxylic acids is 1. The topological polar surface area (TPSA) is 111 Å². The zero-order valence-corrected chi connectivity index (χ0v) is 12.0. The van der Waals surface area contributed by atoms with E-state index >= 15 is 0 Å². The molecule has 0 saturated heterocycles. The quantitative estimate of drug-likeness (QED) is 0.765. The van der Waals surface area contributed by atoms with Gasteiger partial charge in [-0.25, -0.2) is 9.59 Å². The number of carbonyl (C=O) groups is 2. The van der Waals surface area contributed by atoms with E-state index in [4.69, 9.17) is 15.1 Å². The third-order valence-corrected chi connectivity index (χ3v) is 2.80. The number of amides is 2. The first-order valence-corrected chi connectivity index (χ1v) is 6.27. The van der Waals surface area contributed by atoms with Gasteiger partial charge in [-0.15, -0.1) is 0 Å². The number of hydrogen-bond donors (Lipinski definition) is 3. The fourth-order valence-electron chi connectivity index (χ4n) is 1.68. The maximum atomic E-state index is 11.8. The van der Waals surface area contributed by atoms with Crippen molar-refractivity contribution in [2.45, 2.75) is 19.9 Å². The van der Waals surface area contributed by atoms with E-state index < -0.39 is 18.0 Å². The summed E-state index contributed by atoms with van der Waals surface area (Å²) in [7, 11) is 1.41. The number of carboxylic acid groups (broad SMARTS) is 1. The average molecular weight is 291 g/mol. The van der Waals surface area contributed by atoms with Crippen molar-refractivity contribution in [3.05, 3.63) is 23.8 Å². The van der Waals surface area contributed by atoms with Gasteiger partial charge in [-0.3, -0.25) is 0 Å². The number of nitrogens with one attached hydrogen (secondary N) is 2. The van der Waals surface area contributed by atoms with Crippen LogP contribution in [0.25, 0.3) is 0 Å². The molecular formula is C14H17N3O4. The molecule has 112 valence electrons. The number of urea groups is 1. The van der Waals surface area contributed by atoms with Gasteiger partial charge in [-0.1, -0.05) is 13.8 Å². The number of anilines is 1. The lowest BCUT2D eigenvalue weighted by atomic mass is 10.1. The Labute approximate surface area is 122 Å². The number of nitriles is 1. The molecule has 0 fully saturated rings. The molecule has 1 aromatic carbocycles. The molecule has 3 N–H and O–H groups in total. The Hall–Kier alpha value is -2.75. The molecule has 2 amide bonds.